The van der Waals surface area contributed by atoms with Crippen LogP contribution in [0.3, 0.4) is 0 Å². The van der Waals surface area contributed by atoms with Crippen LogP contribution in [0.1, 0.15) is 16.7 Å². The van der Waals surface area contributed by atoms with Gasteiger partial charge in [-0.2, -0.15) is 0 Å². The molecule has 1 atom stereocenters. The fraction of sp³-hybridized carbons (Fsp3) is 0.462. The van der Waals surface area contributed by atoms with Crippen molar-refractivity contribution < 1.29 is 19.4 Å². The van der Waals surface area contributed by atoms with Gasteiger partial charge in [0.2, 0.25) is 0 Å². The normalized spacial score (nSPS) is 16.3. The van der Waals surface area contributed by atoms with Crippen molar-refractivity contribution in [2.45, 2.75) is 25.6 Å². The highest BCUT2D eigenvalue weighted by molar-refractivity contribution is 5.72. The third kappa shape index (κ3) is 2.84. The topological polar surface area (TPSA) is 55.8 Å². The Balaban J connectivity index is 2.14. The maximum absolute atomic E-state index is 10.9. The largest absolute Gasteiger partial charge is 0.479 e. The van der Waals surface area contributed by atoms with Crippen LogP contribution in [0.2, 0.25) is 0 Å². The van der Waals surface area contributed by atoms with Gasteiger partial charge in [0.05, 0.1) is 13.2 Å². The summed E-state index contributed by atoms with van der Waals surface area (Å²) >= 11 is 0. The van der Waals surface area contributed by atoms with E-state index in [1.165, 1.54) is 18.2 Å². The maximum atomic E-state index is 10.9. The van der Waals surface area contributed by atoms with Gasteiger partial charge in [0.1, 0.15) is 0 Å². The maximum Gasteiger partial charge on any atom is 0.333 e. The third-order valence-corrected chi connectivity index (χ3v) is 3.03. The first-order valence-electron chi connectivity index (χ1n) is 5.64. The predicted molar refractivity (Wildman–Crippen MR) is 61.9 cm³/mol. The minimum Gasteiger partial charge on any atom is -0.479 e. The van der Waals surface area contributed by atoms with Crippen LogP contribution in [0.5, 0.6) is 0 Å². The number of carbonyl (C=O) groups is 1. The first-order chi connectivity index (χ1) is 8.20. The van der Waals surface area contributed by atoms with Crippen LogP contribution in [0, 0.1) is 0 Å². The average Bonchev–Trinajstić information content (AvgIpc) is 2.35. The lowest BCUT2D eigenvalue weighted by Gasteiger charge is -2.18. The summed E-state index contributed by atoms with van der Waals surface area (Å²) in [5.74, 6) is -0.923. The molecular weight excluding hydrogens is 220 g/mol. The number of hydrogen-bond donors (Lipinski definition) is 1. The van der Waals surface area contributed by atoms with Gasteiger partial charge in [0, 0.05) is 13.5 Å². The Bertz CT molecular complexity index is 414. The molecule has 0 bridgehead atoms. The van der Waals surface area contributed by atoms with Crippen LogP contribution in [0.4, 0.5) is 0 Å². The minimum atomic E-state index is -0.923. The molecule has 0 aliphatic carbocycles. The first kappa shape index (κ1) is 12.1. The SMILES string of the molecule is COC(Cc1ccc2c(c1)CCOC2)C(=O)O. The van der Waals surface area contributed by atoms with Gasteiger partial charge in [0.25, 0.3) is 0 Å². The van der Waals surface area contributed by atoms with Gasteiger partial charge in [-0.25, -0.2) is 4.79 Å². The van der Waals surface area contributed by atoms with Gasteiger partial charge in [0.15, 0.2) is 6.10 Å². The Kier molecular flexibility index (Phi) is 3.76. The van der Waals surface area contributed by atoms with Crippen LogP contribution in [-0.4, -0.2) is 30.9 Å². The average molecular weight is 236 g/mol. The Morgan fingerprint density at radius 2 is 2.35 bits per heavy atom. The molecule has 1 aromatic rings. The predicted octanol–water partition coefficient (Wildman–Crippen LogP) is 1.40. The molecule has 1 aliphatic heterocycles. The van der Waals surface area contributed by atoms with Crippen molar-refractivity contribution >= 4 is 5.97 Å². The van der Waals surface area contributed by atoms with Gasteiger partial charge in [-0.05, 0) is 23.1 Å². The first-order valence-corrected chi connectivity index (χ1v) is 5.64. The second-order valence-corrected chi connectivity index (χ2v) is 4.17. The number of carboxylic acids is 1. The van der Waals surface area contributed by atoms with Crippen molar-refractivity contribution in [1.82, 2.24) is 0 Å². The zero-order valence-electron chi connectivity index (χ0n) is 9.81. The van der Waals surface area contributed by atoms with Gasteiger partial charge in [-0.1, -0.05) is 18.2 Å². The Morgan fingerprint density at radius 3 is 3.06 bits per heavy atom. The molecule has 4 nitrogen and oxygen atoms in total. The highest BCUT2D eigenvalue weighted by atomic mass is 16.5. The van der Waals surface area contributed by atoms with Gasteiger partial charge in [-0.3, -0.25) is 0 Å². The Labute approximate surface area is 100 Å². The number of rotatable bonds is 4. The van der Waals surface area contributed by atoms with E-state index in [1.54, 1.807) is 0 Å². The number of ether oxygens (including phenoxy) is 2. The van der Waals surface area contributed by atoms with E-state index < -0.39 is 12.1 Å². The third-order valence-electron chi connectivity index (χ3n) is 3.03. The molecule has 1 aromatic carbocycles. The summed E-state index contributed by atoms with van der Waals surface area (Å²) in [5.41, 5.74) is 3.46. The molecule has 0 saturated heterocycles. The van der Waals surface area contributed by atoms with Crippen LogP contribution in [0.15, 0.2) is 18.2 Å². The molecule has 17 heavy (non-hydrogen) atoms. The minimum absolute atomic E-state index is 0.403. The van der Waals surface area contributed by atoms with Gasteiger partial charge >= 0.3 is 5.97 Å². The summed E-state index contributed by atoms with van der Waals surface area (Å²) in [6.45, 7) is 1.39. The molecule has 0 spiro atoms. The van der Waals surface area contributed by atoms with Gasteiger partial charge in [-0.15, -0.1) is 0 Å². The molecule has 0 amide bonds. The van der Waals surface area contributed by atoms with E-state index in [-0.39, 0.29) is 0 Å². The van der Waals surface area contributed by atoms with E-state index in [1.807, 2.05) is 12.1 Å². The van der Waals surface area contributed by atoms with Gasteiger partial charge < -0.3 is 14.6 Å². The van der Waals surface area contributed by atoms with Crippen molar-refractivity contribution in [3.63, 3.8) is 0 Å². The Hall–Kier alpha value is -1.39. The smallest absolute Gasteiger partial charge is 0.333 e. The Morgan fingerprint density at radius 1 is 1.53 bits per heavy atom. The van der Waals surface area contributed by atoms with Crippen molar-refractivity contribution in [2.75, 3.05) is 13.7 Å². The summed E-state index contributed by atoms with van der Waals surface area (Å²) in [4.78, 5) is 10.9. The van der Waals surface area contributed by atoms with Crippen molar-refractivity contribution in [2.24, 2.45) is 0 Å². The highest BCUT2D eigenvalue weighted by Gasteiger charge is 2.18. The molecule has 4 heteroatoms. The summed E-state index contributed by atoms with van der Waals surface area (Å²) in [6.07, 6.45) is 0.529. The number of methoxy groups -OCH3 is 1. The monoisotopic (exact) mass is 236 g/mol. The standard InChI is InChI=1S/C13H16O4/c1-16-12(13(14)15)7-9-2-3-11-8-17-5-4-10(11)6-9/h2-3,6,12H,4-5,7-8H2,1H3,(H,14,15). The van der Waals surface area contributed by atoms with E-state index in [9.17, 15) is 4.79 Å². The second-order valence-electron chi connectivity index (χ2n) is 4.17. The zero-order chi connectivity index (χ0) is 12.3. The number of aliphatic carboxylic acids is 1. The second kappa shape index (κ2) is 5.29. The number of hydrogen-bond acceptors (Lipinski definition) is 3. The lowest BCUT2D eigenvalue weighted by Crippen LogP contribution is -2.25. The molecule has 1 unspecified atom stereocenters. The summed E-state index contributed by atoms with van der Waals surface area (Å²) in [6, 6.07) is 6.02. The quantitative estimate of drug-likeness (QED) is 0.858. The fourth-order valence-electron chi connectivity index (χ4n) is 2.03. The highest BCUT2D eigenvalue weighted by Crippen LogP contribution is 2.19. The van der Waals surface area contributed by atoms with E-state index >= 15 is 0 Å². The van der Waals surface area contributed by atoms with E-state index in [4.69, 9.17) is 14.6 Å². The fourth-order valence-corrected chi connectivity index (χ4v) is 2.03. The summed E-state index contributed by atoms with van der Waals surface area (Å²) < 4.78 is 10.3. The van der Waals surface area contributed by atoms with Crippen molar-refractivity contribution in [1.29, 1.82) is 0 Å². The van der Waals surface area contributed by atoms with Crippen molar-refractivity contribution in [3.8, 4) is 0 Å². The van der Waals surface area contributed by atoms with Crippen LogP contribution in [0.25, 0.3) is 0 Å². The molecule has 1 aliphatic rings. The summed E-state index contributed by atoms with van der Waals surface area (Å²) in [5, 5.41) is 8.93. The molecule has 92 valence electrons. The summed E-state index contributed by atoms with van der Waals surface area (Å²) in [7, 11) is 1.42. The van der Waals surface area contributed by atoms with Crippen LogP contribution in [-0.2, 0) is 33.7 Å². The van der Waals surface area contributed by atoms with E-state index in [0.29, 0.717) is 13.0 Å². The molecule has 0 saturated carbocycles. The molecule has 0 fully saturated rings. The van der Waals surface area contributed by atoms with E-state index in [0.717, 1.165) is 18.6 Å². The zero-order valence-corrected chi connectivity index (χ0v) is 9.81. The molecule has 0 radical (unpaired) electrons. The molecule has 2 rings (SSSR count). The molecule has 1 N–H and O–H groups in total. The molecule has 1 heterocycles. The van der Waals surface area contributed by atoms with E-state index in [2.05, 4.69) is 6.07 Å². The molecular formula is C13H16O4. The lowest BCUT2D eigenvalue weighted by atomic mass is 9.98. The number of carboxylic acid groups (broad SMARTS) is 1. The van der Waals surface area contributed by atoms with Crippen LogP contribution < -0.4 is 0 Å². The number of benzene rings is 1. The van der Waals surface area contributed by atoms with Crippen LogP contribution >= 0.6 is 0 Å². The number of fused-ring (bicyclic) bond motifs is 1. The van der Waals surface area contributed by atoms with Crippen molar-refractivity contribution in [3.05, 3.63) is 34.9 Å². The lowest BCUT2D eigenvalue weighted by molar-refractivity contribution is -0.148. The molecule has 0 aromatic heterocycles.